The Morgan fingerprint density at radius 2 is 2.38 bits per heavy atom. The first-order valence-electron chi connectivity index (χ1n) is 5.29. The Hall–Kier alpha value is -0.390. The van der Waals surface area contributed by atoms with E-state index in [1.54, 1.807) is 11.3 Å². The van der Waals surface area contributed by atoms with Crippen LogP contribution in [-0.4, -0.2) is 23.8 Å². The van der Waals surface area contributed by atoms with Crippen LogP contribution in [-0.2, 0) is 6.54 Å². The third-order valence-corrected chi connectivity index (χ3v) is 4.16. The molecule has 1 aromatic rings. The molecule has 0 saturated heterocycles. The van der Waals surface area contributed by atoms with Crippen molar-refractivity contribution in [1.82, 2.24) is 4.90 Å². The highest BCUT2D eigenvalue weighted by atomic mass is 79.9. The lowest BCUT2D eigenvalue weighted by molar-refractivity contribution is 0.232. The van der Waals surface area contributed by atoms with Crippen LogP contribution in [0.4, 0.5) is 0 Å². The van der Waals surface area contributed by atoms with E-state index in [2.05, 4.69) is 46.2 Å². The van der Waals surface area contributed by atoms with Crippen LogP contribution in [0.5, 0.6) is 0 Å². The minimum Gasteiger partial charge on any atom is -0.388 e. The van der Waals surface area contributed by atoms with Crippen molar-refractivity contribution in [1.29, 1.82) is 5.41 Å². The van der Waals surface area contributed by atoms with E-state index in [0.717, 1.165) is 16.8 Å². The quantitative estimate of drug-likeness (QED) is 0.627. The van der Waals surface area contributed by atoms with E-state index in [1.165, 1.54) is 5.56 Å². The Kier molecular flexibility index (Phi) is 5.44. The second kappa shape index (κ2) is 6.37. The smallest absolute Gasteiger partial charge is 0.0921 e. The first kappa shape index (κ1) is 13.7. The summed E-state index contributed by atoms with van der Waals surface area (Å²) in [6.07, 6.45) is 1.67. The molecule has 0 bridgehead atoms. The zero-order chi connectivity index (χ0) is 12.1. The third-order valence-electron chi connectivity index (χ3n) is 2.60. The van der Waals surface area contributed by atoms with Crippen molar-refractivity contribution in [2.75, 3.05) is 7.05 Å². The lowest BCUT2D eigenvalue weighted by atomic mass is 10.1. The number of nitrogens with zero attached hydrogens (tertiary/aromatic N) is 1. The molecule has 0 radical (unpaired) electrons. The first-order valence-corrected chi connectivity index (χ1v) is 6.96. The molecule has 1 unspecified atom stereocenters. The fraction of sp³-hybridized carbons (Fsp3) is 0.545. The summed E-state index contributed by atoms with van der Waals surface area (Å²) in [7, 11) is 2.09. The predicted octanol–water partition coefficient (Wildman–Crippen LogP) is 3.05. The number of nitrogens with two attached hydrogens (primary N) is 1. The van der Waals surface area contributed by atoms with E-state index in [0.29, 0.717) is 12.5 Å². The minimum atomic E-state index is 0.269. The molecule has 1 heterocycles. The monoisotopic (exact) mass is 303 g/mol. The second-order valence-corrected chi connectivity index (χ2v) is 6.26. The molecule has 0 aliphatic carbocycles. The highest BCUT2D eigenvalue weighted by molar-refractivity contribution is 9.11. The maximum atomic E-state index is 7.35. The highest BCUT2D eigenvalue weighted by Crippen LogP contribution is 2.22. The van der Waals surface area contributed by atoms with E-state index >= 15 is 0 Å². The summed E-state index contributed by atoms with van der Waals surface area (Å²) in [6.45, 7) is 3.04. The van der Waals surface area contributed by atoms with Crippen molar-refractivity contribution < 1.29 is 0 Å². The highest BCUT2D eigenvalue weighted by Gasteiger charge is 2.14. The van der Waals surface area contributed by atoms with Crippen LogP contribution in [0.15, 0.2) is 15.2 Å². The lowest BCUT2D eigenvalue weighted by Crippen LogP contribution is -2.34. The fourth-order valence-corrected chi connectivity index (χ4v) is 2.91. The molecule has 0 aliphatic rings. The third kappa shape index (κ3) is 4.23. The SMILES string of the molecule is CCC(CC(=N)N)N(C)Cc1csc(Br)c1. The van der Waals surface area contributed by atoms with Gasteiger partial charge in [0.25, 0.3) is 0 Å². The summed E-state index contributed by atoms with van der Waals surface area (Å²) in [5, 5.41) is 9.50. The Balaban J connectivity index is 2.55. The van der Waals surface area contributed by atoms with Gasteiger partial charge >= 0.3 is 0 Å². The van der Waals surface area contributed by atoms with Gasteiger partial charge in [0, 0.05) is 19.0 Å². The molecule has 3 N–H and O–H groups in total. The van der Waals surface area contributed by atoms with Crippen LogP contribution in [0.3, 0.4) is 0 Å². The number of rotatable bonds is 6. The maximum absolute atomic E-state index is 7.35. The zero-order valence-electron chi connectivity index (χ0n) is 9.66. The van der Waals surface area contributed by atoms with Gasteiger partial charge in [-0.3, -0.25) is 10.3 Å². The summed E-state index contributed by atoms with van der Waals surface area (Å²) in [5.74, 6) is 0.269. The minimum absolute atomic E-state index is 0.269. The van der Waals surface area contributed by atoms with Crippen LogP contribution in [0.1, 0.15) is 25.3 Å². The number of thiophene rings is 1. The van der Waals surface area contributed by atoms with Gasteiger partial charge in [0.05, 0.1) is 9.62 Å². The second-order valence-electron chi connectivity index (χ2n) is 3.97. The van der Waals surface area contributed by atoms with Gasteiger partial charge in [-0.2, -0.15) is 0 Å². The van der Waals surface area contributed by atoms with Gasteiger partial charge in [-0.05, 0) is 46.4 Å². The predicted molar refractivity (Wildman–Crippen MR) is 74.1 cm³/mol. The molecule has 0 saturated carbocycles. The molecule has 0 aliphatic heterocycles. The molecule has 1 atom stereocenters. The summed E-state index contributed by atoms with van der Waals surface area (Å²) in [6, 6.07) is 2.50. The normalized spacial score (nSPS) is 13.0. The molecule has 0 spiro atoms. The molecule has 1 aromatic heterocycles. The molecule has 3 nitrogen and oxygen atoms in total. The number of hydrogen-bond acceptors (Lipinski definition) is 3. The molecule has 16 heavy (non-hydrogen) atoms. The van der Waals surface area contributed by atoms with Crippen molar-refractivity contribution in [3.8, 4) is 0 Å². The molecule has 1 rings (SSSR count). The van der Waals surface area contributed by atoms with Crippen LogP contribution in [0, 0.1) is 5.41 Å². The summed E-state index contributed by atoms with van der Waals surface area (Å²) in [5.41, 5.74) is 6.76. The van der Waals surface area contributed by atoms with Crippen LogP contribution >= 0.6 is 27.3 Å². The van der Waals surface area contributed by atoms with Crippen molar-refractivity contribution >= 4 is 33.1 Å². The zero-order valence-corrected chi connectivity index (χ0v) is 12.1. The maximum Gasteiger partial charge on any atom is 0.0921 e. The average Bonchev–Trinajstić information content (AvgIpc) is 2.60. The van der Waals surface area contributed by atoms with Crippen molar-refractivity contribution in [2.24, 2.45) is 5.73 Å². The largest absolute Gasteiger partial charge is 0.388 e. The molecular weight excluding hydrogens is 286 g/mol. The van der Waals surface area contributed by atoms with E-state index < -0.39 is 0 Å². The Morgan fingerprint density at radius 1 is 1.69 bits per heavy atom. The van der Waals surface area contributed by atoms with E-state index in [9.17, 15) is 0 Å². The van der Waals surface area contributed by atoms with Crippen molar-refractivity contribution in [2.45, 2.75) is 32.4 Å². The molecule has 0 amide bonds. The molecule has 0 aromatic carbocycles. The number of nitrogens with one attached hydrogen (secondary N) is 1. The van der Waals surface area contributed by atoms with Gasteiger partial charge in [0.1, 0.15) is 0 Å². The van der Waals surface area contributed by atoms with Crippen molar-refractivity contribution in [3.63, 3.8) is 0 Å². The fourth-order valence-electron chi connectivity index (χ4n) is 1.71. The van der Waals surface area contributed by atoms with E-state index in [4.69, 9.17) is 11.1 Å². The first-order chi connectivity index (χ1) is 7.52. The lowest BCUT2D eigenvalue weighted by Gasteiger charge is -2.26. The number of hydrogen-bond donors (Lipinski definition) is 2. The van der Waals surface area contributed by atoms with Gasteiger partial charge in [0.2, 0.25) is 0 Å². The topological polar surface area (TPSA) is 53.1 Å². The summed E-state index contributed by atoms with van der Waals surface area (Å²) in [4.78, 5) is 2.26. The summed E-state index contributed by atoms with van der Waals surface area (Å²) >= 11 is 5.17. The number of amidine groups is 1. The Bertz CT molecular complexity index is 351. The Morgan fingerprint density at radius 3 is 2.81 bits per heavy atom. The Labute approximate surface area is 109 Å². The van der Waals surface area contributed by atoms with Gasteiger partial charge < -0.3 is 5.73 Å². The summed E-state index contributed by atoms with van der Waals surface area (Å²) < 4.78 is 1.16. The average molecular weight is 304 g/mol. The van der Waals surface area contributed by atoms with Crippen LogP contribution < -0.4 is 5.73 Å². The van der Waals surface area contributed by atoms with E-state index in [-0.39, 0.29) is 5.84 Å². The van der Waals surface area contributed by atoms with Gasteiger partial charge in [-0.1, -0.05) is 6.92 Å². The van der Waals surface area contributed by atoms with Gasteiger partial charge in [-0.15, -0.1) is 11.3 Å². The van der Waals surface area contributed by atoms with Crippen LogP contribution in [0.25, 0.3) is 0 Å². The standard InChI is InChI=1S/C11H18BrN3S/c1-3-9(5-11(13)14)15(2)6-8-4-10(12)16-7-8/h4,7,9H,3,5-6H2,1-2H3,(H3,13,14). The van der Waals surface area contributed by atoms with Crippen molar-refractivity contribution in [3.05, 3.63) is 20.8 Å². The number of halogens is 1. The van der Waals surface area contributed by atoms with Gasteiger partial charge in [-0.25, -0.2) is 0 Å². The molecule has 0 fully saturated rings. The molecular formula is C11H18BrN3S. The van der Waals surface area contributed by atoms with Gasteiger partial charge in [0.15, 0.2) is 0 Å². The van der Waals surface area contributed by atoms with E-state index in [1.807, 2.05) is 0 Å². The molecule has 5 heteroatoms. The van der Waals surface area contributed by atoms with Crippen LogP contribution in [0.2, 0.25) is 0 Å². The molecule has 90 valence electrons.